The summed E-state index contributed by atoms with van der Waals surface area (Å²) >= 11 is 12.0. The van der Waals surface area contributed by atoms with Gasteiger partial charge in [-0.25, -0.2) is 4.39 Å². The highest BCUT2D eigenvalue weighted by Gasteiger charge is 2.13. The van der Waals surface area contributed by atoms with Crippen molar-refractivity contribution in [3.05, 3.63) is 129 Å². The van der Waals surface area contributed by atoms with Crippen molar-refractivity contribution in [2.45, 2.75) is 13.2 Å². The number of anilines is 1. The second kappa shape index (κ2) is 12.8. The maximum Gasteiger partial charge on any atom is 0.266 e. The molecule has 4 rings (SSSR count). The standard InChI is InChI=1S/C30H21Cl2FN2O3/c31-24-5-1-20(2-6-24)18-37-28-12-10-27(11-13-28)35-30(36)23(17-34)15-22-16-25(32)7-14-29(22)38-19-21-3-8-26(33)9-4-21/h1-16H,18-19H2,(H,35,36)/b23-15+. The third kappa shape index (κ3) is 7.59. The van der Waals surface area contributed by atoms with Gasteiger partial charge in [-0.3, -0.25) is 4.79 Å². The van der Waals surface area contributed by atoms with Crippen LogP contribution in [0, 0.1) is 17.1 Å². The second-order valence-corrected chi connectivity index (χ2v) is 9.03. The van der Waals surface area contributed by atoms with E-state index in [-0.39, 0.29) is 18.0 Å². The fourth-order valence-electron chi connectivity index (χ4n) is 3.39. The molecular formula is C30H21Cl2FN2O3. The molecule has 0 heterocycles. The molecule has 0 saturated heterocycles. The molecule has 8 heteroatoms. The zero-order chi connectivity index (χ0) is 26.9. The maximum absolute atomic E-state index is 13.2. The second-order valence-electron chi connectivity index (χ2n) is 8.16. The molecule has 0 atom stereocenters. The highest BCUT2D eigenvalue weighted by Crippen LogP contribution is 2.27. The van der Waals surface area contributed by atoms with Crippen LogP contribution in [0.4, 0.5) is 10.1 Å². The molecule has 4 aromatic carbocycles. The van der Waals surface area contributed by atoms with Gasteiger partial charge < -0.3 is 14.8 Å². The van der Waals surface area contributed by atoms with Crippen LogP contribution in [0.3, 0.4) is 0 Å². The first-order chi connectivity index (χ1) is 18.4. The average Bonchev–Trinajstić information content (AvgIpc) is 2.92. The van der Waals surface area contributed by atoms with Crippen LogP contribution in [0.5, 0.6) is 11.5 Å². The number of benzene rings is 4. The summed E-state index contributed by atoms with van der Waals surface area (Å²) in [6.07, 6.45) is 1.41. The van der Waals surface area contributed by atoms with E-state index in [0.29, 0.717) is 39.4 Å². The minimum Gasteiger partial charge on any atom is -0.489 e. The normalized spacial score (nSPS) is 10.9. The van der Waals surface area contributed by atoms with Crippen molar-refractivity contribution in [3.8, 4) is 17.6 Å². The molecule has 1 N–H and O–H groups in total. The monoisotopic (exact) mass is 546 g/mol. The van der Waals surface area contributed by atoms with Gasteiger partial charge in [0, 0.05) is 21.3 Å². The van der Waals surface area contributed by atoms with Crippen LogP contribution in [-0.2, 0) is 18.0 Å². The Bertz CT molecular complexity index is 1480. The summed E-state index contributed by atoms with van der Waals surface area (Å²) < 4.78 is 24.8. The molecule has 0 radical (unpaired) electrons. The van der Waals surface area contributed by atoms with Gasteiger partial charge in [-0.1, -0.05) is 47.5 Å². The van der Waals surface area contributed by atoms with Crippen LogP contribution in [0.25, 0.3) is 6.08 Å². The van der Waals surface area contributed by atoms with Crippen LogP contribution in [0.15, 0.2) is 96.6 Å². The first-order valence-electron chi connectivity index (χ1n) is 11.5. The first-order valence-corrected chi connectivity index (χ1v) is 12.2. The summed E-state index contributed by atoms with van der Waals surface area (Å²) in [6, 6.07) is 26.9. The van der Waals surface area contributed by atoms with Crippen molar-refractivity contribution in [2.75, 3.05) is 5.32 Å². The van der Waals surface area contributed by atoms with Crippen LogP contribution in [0.1, 0.15) is 16.7 Å². The molecule has 1 amide bonds. The SMILES string of the molecule is N#C/C(=C\c1cc(Cl)ccc1OCc1ccc(F)cc1)C(=O)Nc1ccc(OCc2ccc(Cl)cc2)cc1. The number of carbonyl (C=O) groups is 1. The minimum absolute atomic E-state index is 0.137. The molecule has 0 spiro atoms. The zero-order valence-corrected chi connectivity index (χ0v) is 21.5. The highest BCUT2D eigenvalue weighted by atomic mass is 35.5. The Balaban J connectivity index is 1.41. The Hall–Kier alpha value is -4.31. The largest absolute Gasteiger partial charge is 0.489 e. The lowest BCUT2D eigenvalue weighted by Gasteiger charge is -2.11. The van der Waals surface area contributed by atoms with Gasteiger partial charge in [-0.2, -0.15) is 5.26 Å². The number of halogens is 3. The Morgan fingerprint density at radius 3 is 2.11 bits per heavy atom. The molecule has 4 aromatic rings. The molecule has 0 aliphatic heterocycles. The van der Waals surface area contributed by atoms with Gasteiger partial charge in [0.15, 0.2) is 0 Å². The molecule has 0 aliphatic rings. The quantitative estimate of drug-likeness (QED) is 0.171. The van der Waals surface area contributed by atoms with Gasteiger partial charge in [0.2, 0.25) is 0 Å². The lowest BCUT2D eigenvalue weighted by Crippen LogP contribution is -2.13. The van der Waals surface area contributed by atoms with E-state index in [4.69, 9.17) is 32.7 Å². The molecular weight excluding hydrogens is 526 g/mol. The van der Waals surface area contributed by atoms with Gasteiger partial charge in [-0.05, 0) is 83.9 Å². The van der Waals surface area contributed by atoms with Crippen LogP contribution in [-0.4, -0.2) is 5.91 Å². The van der Waals surface area contributed by atoms with Crippen LogP contribution in [0.2, 0.25) is 10.0 Å². The van der Waals surface area contributed by atoms with E-state index in [2.05, 4.69) is 5.32 Å². The van der Waals surface area contributed by atoms with Gasteiger partial charge in [0.05, 0.1) is 0 Å². The van der Waals surface area contributed by atoms with E-state index in [1.807, 2.05) is 18.2 Å². The molecule has 190 valence electrons. The van der Waals surface area contributed by atoms with Gasteiger partial charge in [-0.15, -0.1) is 0 Å². The summed E-state index contributed by atoms with van der Waals surface area (Å²) in [4.78, 5) is 12.8. The van der Waals surface area contributed by atoms with E-state index >= 15 is 0 Å². The van der Waals surface area contributed by atoms with Crippen molar-refractivity contribution in [1.29, 1.82) is 5.26 Å². The number of rotatable bonds is 9. The maximum atomic E-state index is 13.2. The van der Waals surface area contributed by atoms with Crippen molar-refractivity contribution < 1.29 is 18.7 Å². The Morgan fingerprint density at radius 2 is 1.45 bits per heavy atom. The molecule has 0 aromatic heterocycles. The number of amides is 1. The Kier molecular flexibility index (Phi) is 8.99. The highest BCUT2D eigenvalue weighted by molar-refractivity contribution is 6.31. The Morgan fingerprint density at radius 1 is 0.842 bits per heavy atom. The van der Waals surface area contributed by atoms with E-state index in [1.165, 1.54) is 18.2 Å². The number of ether oxygens (including phenoxy) is 2. The van der Waals surface area contributed by atoms with E-state index in [1.54, 1.807) is 66.7 Å². The van der Waals surface area contributed by atoms with Gasteiger partial charge in [0.1, 0.15) is 42.2 Å². The van der Waals surface area contributed by atoms with Crippen LogP contribution >= 0.6 is 23.2 Å². The summed E-state index contributed by atoms with van der Waals surface area (Å²) in [5, 5.41) is 13.4. The predicted octanol–water partition coefficient (Wildman–Crippen LogP) is 7.84. The molecule has 0 fully saturated rings. The smallest absolute Gasteiger partial charge is 0.266 e. The van der Waals surface area contributed by atoms with E-state index < -0.39 is 5.91 Å². The van der Waals surface area contributed by atoms with Crippen molar-refractivity contribution in [3.63, 3.8) is 0 Å². The van der Waals surface area contributed by atoms with Crippen molar-refractivity contribution >= 4 is 40.9 Å². The van der Waals surface area contributed by atoms with E-state index in [9.17, 15) is 14.4 Å². The molecule has 0 bridgehead atoms. The van der Waals surface area contributed by atoms with E-state index in [0.717, 1.165) is 11.1 Å². The zero-order valence-electron chi connectivity index (χ0n) is 20.0. The molecule has 5 nitrogen and oxygen atoms in total. The van der Waals surface area contributed by atoms with Gasteiger partial charge >= 0.3 is 0 Å². The topological polar surface area (TPSA) is 71.3 Å². The predicted molar refractivity (Wildman–Crippen MR) is 147 cm³/mol. The molecule has 0 saturated carbocycles. The molecule has 0 aliphatic carbocycles. The molecule has 38 heavy (non-hydrogen) atoms. The summed E-state index contributed by atoms with van der Waals surface area (Å²) in [6.45, 7) is 0.540. The number of carbonyl (C=O) groups excluding carboxylic acids is 1. The number of nitrogens with one attached hydrogen (secondary N) is 1. The van der Waals surface area contributed by atoms with Crippen LogP contribution < -0.4 is 14.8 Å². The fraction of sp³-hybridized carbons (Fsp3) is 0.0667. The summed E-state index contributed by atoms with van der Waals surface area (Å²) in [5.74, 6) is 0.109. The number of nitrogens with zero attached hydrogens (tertiary/aromatic N) is 1. The Labute approximate surface area is 229 Å². The third-order valence-electron chi connectivity index (χ3n) is 5.38. The number of hydrogen-bond donors (Lipinski definition) is 1. The van der Waals surface area contributed by atoms with Gasteiger partial charge in [0.25, 0.3) is 5.91 Å². The first kappa shape index (κ1) is 26.7. The number of hydrogen-bond acceptors (Lipinski definition) is 4. The summed E-state index contributed by atoms with van der Waals surface area (Å²) in [5.41, 5.74) is 2.54. The van der Waals surface area contributed by atoms with Crippen molar-refractivity contribution in [1.82, 2.24) is 0 Å². The lowest BCUT2D eigenvalue weighted by molar-refractivity contribution is -0.112. The third-order valence-corrected chi connectivity index (χ3v) is 5.86. The minimum atomic E-state index is -0.591. The summed E-state index contributed by atoms with van der Waals surface area (Å²) in [7, 11) is 0. The lowest BCUT2D eigenvalue weighted by atomic mass is 10.1. The fourth-order valence-corrected chi connectivity index (χ4v) is 3.70. The number of nitriles is 1. The van der Waals surface area contributed by atoms with Crippen molar-refractivity contribution in [2.24, 2.45) is 0 Å². The average molecular weight is 547 g/mol. The molecule has 0 unspecified atom stereocenters.